The highest BCUT2D eigenvalue weighted by Crippen LogP contribution is 2.22. The van der Waals surface area contributed by atoms with Gasteiger partial charge in [-0.2, -0.15) is 5.10 Å². The second-order valence-electron chi connectivity index (χ2n) is 7.01. The molecule has 6 nitrogen and oxygen atoms in total. The number of benzene rings is 2. The molecule has 0 atom stereocenters. The molecule has 2 aromatic carbocycles. The Labute approximate surface area is 170 Å². The molecule has 1 amide bonds. The lowest BCUT2D eigenvalue weighted by molar-refractivity contribution is -0.123. The van der Waals surface area contributed by atoms with Crippen LogP contribution < -0.4 is 15.6 Å². The number of ether oxygens (including phenoxy) is 1. The second kappa shape index (κ2) is 9.19. The summed E-state index contributed by atoms with van der Waals surface area (Å²) in [5.74, 6) is 0.488. The van der Waals surface area contributed by atoms with E-state index in [0.29, 0.717) is 12.2 Å². The van der Waals surface area contributed by atoms with E-state index in [4.69, 9.17) is 4.74 Å². The van der Waals surface area contributed by atoms with Crippen molar-refractivity contribution in [1.82, 2.24) is 15.1 Å². The Bertz CT molecular complexity index is 1040. The molecule has 1 N–H and O–H groups in total. The lowest BCUT2D eigenvalue weighted by Gasteiger charge is -2.12. The fourth-order valence-corrected chi connectivity index (χ4v) is 3.00. The van der Waals surface area contributed by atoms with Gasteiger partial charge in [0.15, 0.2) is 6.61 Å². The number of nitrogens with one attached hydrogen (secondary N) is 1. The molecule has 0 spiro atoms. The highest BCUT2D eigenvalue weighted by Gasteiger charge is 2.08. The Morgan fingerprint density at radius 1 is 1.00 bits per heavy atom. The number of amides is 1. The van der Waals surface area contributed by atoms with Gasteiger partial charge >= 0.3 is 0 Å². The zero-order chi connectivity index (χ0) is 20.8. The van der Waals surface area contributed by atoms with Gasteiger partial charge < -0.3 is 10.1 Å². The van der Waals surface area contributed by atoms with Gasteiger partial charge in [-0.1, -0.05) is 48.0 Å². The summed E-state index contributed by atoms with van der Waals surface area (Å²) in [4.78, 5) is 24.2. The van der Waals surface area contributed by atoms with Crippen molar-refractivity contribution in [2.45, 2.75) is 27.3 Å². The first-order chi connectivity index (χ1) is 13.9. The van der Waals surface area contributed by atoms with Crippen molar-refractivity contribution in [3.8, 4) is 17.0 Å². The van der Waals surface area contributed by atoms with E-state index >= 15 is 0 Å². The monoisotopic (exact) mass is 391 g/mol. The lowest BCUT2D eigenvalue weighted by atomic mass is 10.1. The van der Waals surface area contributed by atoms with Gasteiger partial charge in [-0.15, -0.1) is 0 Å². The third kappa shape index (κ3) is 5.31. The standard InChI is InChI=1S/C23H25N3O3/c1-16-7-9-19(10-8-16)20-11-12-22(28)26(25-20)14-13-24-21(27)15-29-23-17(2)5-4-6-18(23)3/h4-12H,13-15H2,1-3H3,(H,24,27). The average molecular weight is 391 g/mol. The molecule has 0 unspecified atom stereocenters. The molecule has 0 aliphatic carbocycles. The van der Waals surface area contributed by atoms with Crippen LogP contribution >= 0.6 is 0 Å². The largest absolute Gasteiger partial charge is 0.483 e. The number of carbonyl (C=O) groups is 1. The molecule has 3 rings (SSSR count). The second-order valence-corrected chi connectivity index (χ2v) is 7.01. The summed E-state index contributed by atoms with van der Waals surface area (Å²) >= 11 is 0. The Hall–Kier alpha value is -3.41. The van der Waals surface area contributed by atoms with Crippen LogP contribution in [0.2, 0.25) is 0 Å². The van der Waals surface area contributed by atoms with E-state index in [-0.39, 0.29) is 24.6 Å². The molecule has 3 aromatic rings. The van der Waals surface area contributed by atoms with E-state index in [2.05, 4.69) is 10.4 Å². The molecule has 0 aliphatic heterocycles. The van der Waals surface area contributed by atoms with Crippen LogP contribution in [0.5, 0.6) is 5.75 Å². The van der Waals surface area contributed by atoms with Crippen LogP contribution in [0.1, 0.15) is 16.7 Å². The Kier molecular flexibility index (Phi) is 6.44. The summed E-state index contributed by atoms with van der Waals surface area (Å²) in [6.45, 7) is 6.41. The van der Waals surface area contributed by atoms with Crippen LogP contribution in [-0.4, -0.2) is 28.8 Å². The number of nitrogens with zero attached hydrogens (tertiary/aromatic N) is 2. The van der Waals surface area contributed by atoms with Gasteiger partial charge in [0.1, 0.15) is 5.75 Å². The molecule has 150 valence electrons. The maximum Gasteiger partial charge on any atom is 0.266 e. The summed E-state index contributed by atoms with van der Waals surface area (Å²) in [7, 11) is 0. The van der Waals surface area contributed by atoms with Gasteiger partial charge in [-0.25, -0.2) is 4.68 Å². The van der Waals surface area contributed by atoms with Crippen LogP contribution in [0.4, 0.5) is 0 Å². The van der Waals surface area contributed by atoms with E-state index < -0.39 is 0 Å². The number of carbonyl (C=O) groups excluding carboxylic acids is 1. The summed E-state index contributed by atoms with van der Waals surface area (Å²) in [5, 5.41) is 7.18. The van der Waals surface area contributed by atoms with Gasteiger partial charge in [0.2, 0.25) is 0 Å². The molecule has 1 aromatic heterocycles. The van der Waals surface area contributed by atoms with E-state index in [1.165, 1.54) is 10.7 Å². The SMILES string of the molecule is Cc1ccc(-c2ccc(=O)n(CCNC(=O)COc3c(C)cccc3C)n2)cc1. The van der Waals surface area contributed by atoms with Crippen LogP contribution in [-0.2, 0) is 11.3 Å². The summed E-state index contributed by atoms with van der Waals surface area (Å²) in [6.07, 6.45) is 0. The Morgan fingerprint density at radius 3 is 2.38 bits per heavy atom. The van der Waals surface area contributed by atoms with Gasteiger partial charge in [0.25, 0.3) is 11.5 Å². The van der Waals surface area contributed by atoms with Crippen molar-refractivity contribution in [1.29, 1.82) is 0 Å². The van der Waals surface area contributed by atoms with E-state index in [1.54, 1.807) is 6.07 Å². The molecule has 0 aliphatic rings. The number of hydrogen-bond acceptors (Lipinski definition) is 4. The van der Waals surface area contributed by atoms with Crippen LogP contribution in [0.3, 0.4) is 0 Å². The highest BCUT2D eigenvalue weighted by molar-refractivity contribution is 5.77. The van der Waals surface area contributed by atoms with Crippen LogP contribution in [0.25, 0.3) is 11.3 Å². The first-order valence-electron chi connectivity index (χ1n) is 9.55. The van der Waals surface area contributed by atoms with Gasteiger partial charge in [0, 0.05) is 18.2 Å². The minimum absolute atomic E-state index is 0.0720. The van der Waals surface area contributed by atoms with Crippen molar-refractivity contribution in [2.75, 3.05) is 13.2 Å². The normalized spacial score (nSPS) is 10.6. The minimum atomic E-state index is -0.240. The summed E-state index contributed by atoms with van der Waals surface area (Å²) in [6, 6.07) is 17.0. The van der Waals surface area contributed by atoms with Gasteiger partial charge in [-0.3, -0.25) is 9.59 Å². The fourth-order valence-electron chi connectivity index (χ4n) is 3.00. The zero-order valence-electron chi connectivity index (χ0n) is 16.9. The third-order valence-electron chi connectivity index (χ3n) is 4.62. The van der Waals surface area contributed by atoms with Crippen molar-refractivity contribution in [2.24, 2.45) is 0 Å². The molecular weight excluding hydrogens is 366 g/mol. The minimum Gasteiger partial charge on any atom is -0.483 e. The summed E-state index contributed by atoms with van der Waals surface area (Å²) in [5.41, 5.74) is 4.59. The first-order valence-corrected chi connectivity index (χ1v) is 9.55. The molecule has 0 fully saturated rings. The number of rotatable bonds is 7. The number of aromatic nitrogens is 2. The molecule has 0 bridgehead atoms. The Morgan fingerprint density at radius 2 is 1.69 bits per heavy atom. The van der Waals surface area contributed by atoms with Crippen LogP contribution in [0.15, 0.2) is 59.4 Å². The molecule has 1 heterocycles. The predicted octanol–water partition coefficient (Wildman–Crippen LogP) is 3.03. The topological polar surface area (TPSA) is 73.2 Å². The van der Waals surface area contributed by atoms with Gasteiger partial charge in [-0.05, 0) is 38.0 Å². The third-order valence-corrected chi connectivity index (χ3v) is 4.62. The summed E-state index contributed by atoms with van der Waals surface area (Å²) < 4.78 is 7.01. The molecule has 0 radical (unpaired) electrons. The smallest absolute Gasteiger partial charge is 0.266 e. The average Bonchev–Trinajstić information content (AvgIpc) is 2.70. The predicted molar refractivity (Wildman–Crippen MR) is 113 cm³/mol. The van der Waals surface area contributed by atoms with E-state index in [9.17, 15) is 9.59 Å². The van der Waals surface area contributed by atoms with Crippen LogP contribution in [0, 0.1) is 20.8 Å². The van der Waals surface area contributed by atoms with E-state index in [1.807, 2.05) is 63.2 Å². The maximum absolute atomic E-state index is 12.1. The van der Waals surface area contributed by atoms with Gasteiger partial charge in [0.05, 0.1) is 12.2 Å². The zero-order valence-corrected chi connectivity index (χ0v) is 16.9. The Balaban J connectivity index is 1.56. The quantitative estimate of drug-likeness (QED) is 0.672. The first kappa shape index (κ1) is 20.3. The van der Waals surface area contributed by atoms with Crippen molar-refractivity contribution >= 4 is 5.91 Å². The van der Waals surface area contributed by atoms with Crippen molar-refractivity contribution in [3.05, 3.63) is 81.6 Å². The number of hydrogen-bond donors (Lipinski definition) is 1. The molecule has 6 heteroatoms. The number of aryl methyl sites for hydroxylation is 3. The fraction of sp³-hybridized carbons (Fsp3) is 0.261. The highest BCUT2D eigenvalue weighted by atomic mass is 16.5. The lowest BCUT2D eigenvalue weighted by Crippen LogP contribution is -2.34. The number of para-hydroxylation sites is 1. The van der Waals surface area contributed by atoms with Crippen molar-refractivity contribution in [3.63, 3.8) is 0 Å². The van der Waals surface area contributed by atoms with Crippen molar-refractivity contribution < 1.29 is 9.53 Å². The molecule has 0 saturated heterocycles. The molecule has 0 saturated carbocycles. The molecule has 29 heavy (non-hydrogen) atoms. The molecular formula is C23H25N3O3. The van der Waals surface area contributed by atoms with E-state index in [0.717, 1.165) is 28.0 Å². The maximum atomic E-state index is 12.1.